The maximum absolute atomic E-state index is 11.3. The third-order valence-corrected chi connectivity index (χ3v) is 2.74. The number of hydrogen-bond donors (Lipinski definition) is 2. The molecule has 0 spiro atoms. The van der Waals surface area contributed by atoms with Crippen molar-refractivity contribution in [1.29, 1.82) is 0 Å². The van der Waals surface area contributed by atoms with E-state index < -0.39 is 5.91 Å². The first-order valence-electron chi connectivity index (χ1n) is 6.34. The van der Waals surface area contributed by atoms with Gasteiger partial charge in [-0.25, -0.2) is 5.84 Å². The first-order chi connectivity index (χ1) is 8.93. The van der Waals surface area contributed by atoms with Gasteiger partial charge in [-0.15, -0.1) is 0 Å². The Labute approximate surface area is 113 Å². The number of aryl methyl sites for hydroxylation is 1. The maximum Gasteiger partial charge on any atom is 0.300 e. The van der Waals surface area contributed by atoms with E-state index in [4.69, 9.17) is 15.0 Å². The monoisotopic (exact) mass is 269 g/mol. The van der Waals surface area contributed by atoms with Gasteiger partial charge in [0.25, 0.3) is 0 Å². The topological polar surface area (TPSA) is 80.7 Å². The molecule has 6 heteroatoms. The molecule has 6 nitrogen and oxygen atoms in total. The molecule has 0 aliphatic carbocycles. The van der Waals surface area contributed by atoms with Crippen LogP contribution in [-0.2, 0) is 11.3 Å². The van der Waals surface area contributed by atoms with Gasteiger partial charge in [0.05, 0.1) is 12.7 Å². The second kappa shape index (κ2) is 7.28. The zero-order valence-corrected chi connectivity index (χ0v) is 12.0. The van der Waals surface area contributed by atoms with E-state index in [0.717, 1.165) is 17.9 Å². The predicted octanol–water partition coefficient (Wildman–Crippen LogP) is 1.05. The van der Waals surface area contributed by atoms with Crippen molar-refractivity contribution in [2.75, 3.05) is 20.2 Å². The summed E-state index contributed by atoms with van der Waals surface area (Å²) in [6.45, 7) is 8.06. The Balaban J connectivity index is 2.52. The molecule has 3 N–H and O–H groups in total. The molecule has 1 amide bonds. The maximum atomic E-state index is 11.3. The number of likely N-dealkylation sites (N-methyl/N-ethyl adjacent to an activating group) is 1. The Bertz CT molecular complexity index is 415. The van der Waals surface area contributed by atoms with E-state index in [1.165, 1.54) is 0 Å². The lowest BCUT2D eigenvalue weighted by molar-refractivity contribution is 0.0626. The van der Waals surface area contributed by atoms with Gasteiger partial charge in [0, 0.05) is 18.7 Å². The van der Waals surface area contributed by atoms with Gasteiger partial charge in [0.2, 0.25) is 0 Å². The van der Waals surface area contributed by atoms with E-state index in [-0.39, 0.29) is 11.9 Å². The van der Waals surface area contributed by atoms with Crippen LogP contribution in [0.25, 0.3) is 0 Å². The number of nitrogen functional groups attached to an aromatic ring is 1. The molecule has 0 saturated heterocycles. The average molecular weight is 269 g/mol. The SMILES string of the molecule is Cc1oc(C(=O)NN)cc1CN(C)CCOC(C)C. The Morgan fingerprint density at radius 1 is 1.58 bits per heavy atom. The van der Waals surface area contributed by atoms with Crippen LogP contribution in [-0.4, -0.2) is 37.1 Å². The van der Waals surface area contributed by atoms with Crippen LogP contribution < -0.4 is 11.3 Å². The third kappa shape index (κ3) is 5.02. The van der Waals surface area contributed by atoms with Crippen LogP contribution in [0.4, 0.5) is 0 Å². The number of amides is 1. The summed E-state index contributed by atoms with van der Waals surface area (Å²) in [4.78, 5) is 13.5. The van der Waals surface area contributed by atoms with Crippen LogP contribution in [0.2, 0.25) is 0 Å². The van der Waals surface area contributed by atoms with Crippen molar-refractivity contribution in [3.63, 3.8) is 0 Å². The smallest absolute Gasteiger partial charge is 0.300 e. The average Bonchev–Trinajstić information content (AvgIpc) is 2.69. The molecule has 0 radical (unpaired) electrons. The van der Waals surface area contributed by atoms with Crippen molar-refractivity contribution in [1.82, 2.24) is 10.3 Å². The lowest BCUT2D eigenvalue weighted by Gasteiger charge is -2.17. The highest BCUT2D eigenvalue weighted by Crippen LogP contribution is 2.16. The Morgan fingerprint density at radius 2 is 2.26 bits per heavy atom. The highest BCUT2D eigenvalue weighted by Gasteiger charge is 2.14. The number of carbonyl (C=O) groups is 1. The molecule has 0 aliphatic rings. The molecule has 1 aromatic rings. The van der Waals surface area contributed by atoms with Gasteiger partial charge >= 0.3 is 5.91 Å². The van der Waals surface area contributed by atoms with Crippen molar-refractivity contribution in [3.05, 3.63) is 23.2 Å². The standard InChI is InChI=1S/C13H23N3O3/c1-9(2)18-6-5-16(4)8-11-7-12(13(17)15-14)19-10(11)3/h7,9H,5-6,8,14H2,1-4H3,(H,15,17). The molecule has 0 atom stereocenters. The van der Waals surface area contributed by atoms with Crippen LogP contribution in [0.15, 0.2) is 10.5 Å². The summed E-state index contributed by atoms with van der Waals surface area (Å²) in [6.07, 6.45) is 0.240. The molecule has 0 bridgehead atoms. The minimum Gasteiger partial charge on any atom is -0.456 e. The number of hydrogen-bond acceptors (Lipinski definition) is 5. The van der Waals surface area contributed by atoms with Crippen molar-refractivity contribution in [2.45, 2.75) is 33.4 Å². The minimum atomic E-state index is -0.417. The number of rotatable bonds is 7. The summed E-state index contributed by atoms with van der Waals surface area (Å²) < 4.78 is 10.9. The molecular weight excluding hydrogens is 246 g/mol. The van der Waals surface area contributed by atoms with Gasteiger partial charge in [-0.2, -0.15) is 0 Å². The van der Waals surface area contributed by atoms with Gasteiger partial charge in [-0.05, 0) is 33.9 Å². The van der Waals surface area contributed by atoms with E-state index in [0.29, 0.717) is 13.2 Å². The van der Waals surface area contributed by atoms with Crippen LogP contribution >= 0.6 is 0 Å². The van der Waals surface area contributed by atoms with E-state index in [1.807, 2.05) is 27.8 Å². The second-order valence-electron chi connectivity index (χ2n) is 4.82. The molecule has 0 fully saturated rings. The summed E-state index contributed by atoms with van der Waals surface area (Å²) in [6, 6.07) is 1.72. The summed E-state index contributed by atoms with van der Waals surface area (Å²) in [5, 5.41) is 0. The second-order valence-corrected chi connectivity index (χ2v) is 4.82. The number of ether oxygens (including phenoxy) is 1. The lowest BCUT2D eigenvalue weighted by Crippen LogP contribution is -2.29. The predicted molar refractivity (Wildman–Crippen MR) is 72.5 cm³/mol. The summed E-state index contributed by atoms with van der Waals surface area (Å²) in [5.74, 6) is 5.63. The molecule has 19 heavy (non-hydrogen) atoms. The molecular formula is C13H23N3O3. The third-order valence-electron chi connectivity index (χ3n) is 2.74. The Morgan fingerprint density at radius 3 is 2.84 bits per heavy atom. The molecule has 0 unspecified atom stereocenters. The number of hydrazine groups is 1. The van der Waals surface area contributed by atoms with E-state index in [2.05, 4.69) is 10.3 Å². The lowest BCUT2D eigenvalue weighted by atomic mass is 10.2. The minimum absolute atomic E-state index is 0.238. The summed E-state index contributed by atoms with van der Waals surface area (Å²) >= 11 is 0. The van der Waals surface area contributed by atoms with Gasteiger partial charge in [-0.1, -0.05) is 0 Å². The number of furan rings is 1. The molecule has 1 aromatic heterocycles. The largest absolute Gasteiger partial charge is 0.456 e. The van der Waals surface area contributed by atoms with Crippen LogP contribution in [0.5, 0.6) is 0 Å². The van der Waals surface area contributed by atoms with Crippen molar-refractivity contribution < 1.29 is 13.9 Å². The number of nitrogens with one attached hydrogen (secondary N) is 1. The van der Waals surface area contributed by atoms with Crippen molar-refractivity contribution >= 4 is 5.91 Å². The first kappa shape index (κ1) is 15.7. The van der Waals surface area contributed by atoms with Gasteiger partial charge in [0.15, 0.2) is 5.76 Å². The van der Waals surface area contributed by atoms with E-state index in [9.17, 15) is 4.79 Å². The highest BCUT2D eigenvalue weighted by atomic mass is 16.5. The number of nitrogens with two attached hydrogens (primary N) is 1. The normalized spacial score (nSPS) is 11.3. The fraction of sp³-hybridized carbons (Fsp3) is 0.615. The first-order valence-corrected chi connectivity index (χ1v) is 6.34. The van der Waals surface area contributed by atoms with Crippen LogP contribution in [0, 0.1) is 6.92 Å². The Hall–Kier alpha value is -1.37. The number of carbonyl (C=O) groups excluding carboxylic acids is 1. The number of nitrogens with zero attached hydrogens (tertiary/aromatic N) is 1. The quantitative estimate of drug-likeness (QED) is 0.439. The highest BCUT2D eigenvalue weighted by molar-refractivity contribution is 5.91. The molecule has 0 saturated carbocycles. The van der Waals surface area contributed by atoms with Gasteiger partial charge in [-0.3, -0.25) is 15.1 Å². The zero-order valence-electron chi connectivity index (χ0n) is 12.0. The van der Waals surface area contributed by atoms with Gasteiger partial charge in [0.1, 0.15) is 5.76 Å². The molecule has 108 valence electrons. The summed E-state index contributed by atoms with van der Waals surface area (Å²) in [5.41, 5.74) is 3.03. The van der Waals surface area contributed by atoms with E-state index >= 15 is 0 Å². The van der Waals surface area contributed by atoms with Gasteiger partial charge < -0.3 is 9.15 Å². The molecule has 1 rings (SSSR count). The van der Waals surface area contributed by atoms with Crippen LogP contribution in [0.3, 0.4) is 0 Å². The summed E-state index contributed by atoms with van der Waals surface area (Å²) in [7, 11) is 2.00. The molecule has 0 aliphatic heterocycles. The Kier molecular flexibility index (Phi) is 6.01. The fourth-order valence-electron chi connectivity index (χ4n) is 1.67. The van der Waals surface area contributed by atoms with Crippen molar-refractivity contribution in [2.24, 2.45) is 5.84 Å². The fourth-order valence-corrected chi connectivity index (χ4v) is 1.67. The molecule has 0 aromatic carbocycles. The van der Waals surface area contributed by atoms with Crippen molar-refractivity contribution in [3.8, 4) is 0 Å². The zero-order chi connectivity index (χ0) is 14.4. The van der Waals surface area contributed by atoms with E-state index in [1.54, 1.807) is 6.07 Å². The molecule has 1 heterocycles. The van der Waals surface area contributed by atoms with Crippen LogP contribution in [0.1, 0.15) is 35.7 Å².